The molecule has 188 valence electrons. The summed E-state index contributed by atoms with van der Waals surface area (Å²) in [5, 5.41) is 10.1. The van der Waals surface area contributed by atoms with Crippen molar-refractivity contribution in [3.63, 3.8) is 0 Å². The number of amides is 2. The van der Waals surface area contributed by atoms with Crippen LogP contribution in [0.25, 0.3) is 0 Å². The third-order valence-electron chi connectivity index (χ3n) is 5.80. The second-order valence-corrected chi connectivity index (χ2v) is 8.86. The van der Waals surface area contributed by atoms with Crippen LogP contribution in [0, 0.1) is 0 Å². The smallest absolute Gasteiger partial charge is 0.331 e. The SMILES string of the molecule is CCCCCCCCCCCCCCCCCCOC(=O)[C@H](CCC(N)=O)N(O)C(C)=O. The zero-order valence-electron chi connectivity index (χ0n) is 20.6. The van der Waals surface area contributed by atoms with Crippen molar-refractivity contribution in [2.45, 2.75) is 135 Å². The zero-order chi connectivity index (χ0) is 24.0. The first-order valence-electron chi connectivity index (χ1n) is 12.8. The monoisotopic (exact) mass is 456 g/mol. The molecular weight excluding hydrogens is 408 g/mol. The Morgan fingerprint density at radius 1 is 0.781 bits per heavy atom. The van der Waals surface area contributed by atoms with Crippen LogP contribution in [0.3, 0.4) is 0 Å². The Hall–Kier alpha value is -1.63. The summed E-state index contributed by atoms with van der Waals surface area (Å²) in [5.74, 6) is -1.98. The average molecular weight is 457 g/mol. The Balaban J connectivity index is 3.60. The predicted octanol–water partition coefficient (Wildman–Crippen LogP) is 5.66. The molecule has 0 spiro atoms. The number of primary amides is 1. The molecular formula is C25H48N2O5. The predicted molar refractivity (Wildman–Crippen MR) is 127 cm³/mol. The summed E-state index contributed by atoms with van der Waals surface area (Å²) in [7, 11) is 0. The molecule has 0 aliphatic carbocycles. The minimum atomic E-state index is -1.19. The molecule has 0 aliphatic heterocycles. The number of nitrogens with two attached hydrogens (primary N) is 1. The largest absolute Gasteiger partial charge is 0.464 e. The molecule has 7 nitrogen and oxygen atoms in total. The van der Waals surface area contributed by atoms with Gasteiger partial charge in [0.15, 0.2) is 6.04 Å². The number of hydrogen-bond donors (Lipinski definition) is 2. The van der Waals surface area contributed by atoms with E-state index < -0.39 is 23.8 Å². The van der Waals surface area contributed by atoms with E-state index in [2.05, 4.69) is 6.92 Å². The fourth-order valence-electron chi connectivity index (χ4n) is 3.76. The highest BCUT2D eigenvalue weighted by atomic mass is 16.6. The van der Waals surface area contributed by atoms with Gasteiger partial charge in [-0.1, -0.05) is 103 Å². The lowest BCUT2D eigenvalue weighted by Gasteiger charge is -2.22. The van der Waals surface area contributed by atoms with Gasteiger partial charge in [0.1, 0.15) is 0 Å². The molecule has 7 heteroatoms. The van der Waals surface area contributed by atoms with Crippen molar-refractivity contribution < 1.29 is 24.3 Å². The molecule has 0 saturated carbocycles. The van der Waals surface area contributed by atoms with Crippen LogP contribution in [-0.2, 0) is 19.1 Å². The zero-order valence-corrected chi connectivity index (χ0v) is 20.6. The van der Waals surface area contributed by atoms with Gasteiger partial charge in [0.2, 0.25) is 11.8 Å². The van der Waals surface area contributed by atoms with Gasteiger partial charge in [-0.25, -0.2) is 9.86 Å². The Kier molecular flexibility index (Phi) is 20.1. The highest BCUT2D eigenvalue weighted by Gasteiger charge is 2.28. The summed E-state index contributed by atoms with van der Waals surface area (Å²) in [5.41, 5.74) is 5.09. The number of hydrogen-bond acceptors (Lipinski definition) is 5. The van der Waals surface area contributed by atoms with Gasteiger partial charge >= 0.3 is 5.97 Å². The van der Waals surface area contributed by atoms with Crippen LogP contribution in [0.1, 0.15) is 129 Å². The molecule has 0 heterocycles. The number of nitrogens with zero attached hydrogens (tertiary/aromatic N) is 1. The van der Waals surface area contributed by atoms with E-state index in [9.17, 15) is 19.6 Å². The normalized spacial score (nSPS) is 11.8. The van der Waals surface area contributed by atoms with E-state index in [1.807, 2.05) is 0 Å². The van der Waals surface area contributed by atoms with Gasteiger partial charge < -0.3 is 10.5 Å². The van der Waals surface area contributed by atoms with Gasteiger partial charge in [0.05, 0.1) is 6.61 Å². The molecule has 3 N–H and O–H groups in total. The van der Waals surface area contributed by atoms with Gasteiger partial charge in [0.25, 0.3) is 0 Å². The summed E-state index contributed by atoms with van der Waals surface area (Å²) in [6, 6.07) is -1.19. The van der Waals surface area contributed by atoms with E-state index in [0.29, 0.717) is 5.06 Å². The first kappa shape index (κ1) is 30.4. The number of esters is 1. The van der Waals surface area contributed by atoms with Gasteiger partial charge in [-0.15, -0.1) is 0 Å². The van der Waals surface area contributed by atoms with E-state index >= 15 is 0 Å². The third-order valence-corrected chi connectivity index (χ3v) is 5.80. The summed E-state index contributed by atoms with van der Waals surface area (Å²) in [4.78, 5) is 34.4. The molecule has 0 bridgehead atoms. The van der Waals surface area contributed by atoms with Crippen molar-refractivity contribution in [2.75, 3.05) is 6.61 Å². The number of hydroxylamine groups is 2. The fraction of sp³-hybridized carbons (Fsp3) is 0.880. The number of carbonyl (C=O) groups is 3. The van der Waals surface area contributed by atoms with E-state index in [0.717, 1.165) is 26.2 Å². The molecule has 0 aromatic heterocycles. The van der Waals surface area contributed by atoms with Gasteiger partial charge in [-0.05, 0) is 12.8 Å². The Labute approximate surface area is 195 Å². The molecule has 32 heavy (non-hydrogen) atoms. The second-order valence-electron chi connectivity index (χ2n) is 8.86. The standard InChI is InChI=1S/C25H48N2O5/c1-3-4-5-6-7-8-9-10-11-12-13-14-15-16-17-18-21-32-25(30)23(19-20-24(26)29)27(31)22(2)28/h23,31H,3-21H2,1-2H3,(H2,26,29)/t23-/m0/s1. The maximum absolute atomic E-state index is 12.1. The van der Waals surface area contributed by atoms with Gasteiger partial charge in [0, 0.05) is 13.3 Å². The van der Waals surface area contributed by atoms with Crippen LogP contribution in [-0.4, -0.2) is 40.7 Å². The summed E-state index contributed by atoms with van der Waals surface area (Å²) in [6.07, 6.45) is 20.2. The Bertz CT molecular complexity index is 499. The molecule has 0 saturated heterocycles. The van der Waals surface area contributed by atoms with E-state index in [4.69, 9.17) is 10.5 Å². The van der Waals surface area contributed by atoms with Crippen LogP contribution in [0.5, 0.6) is 0 Å². The molecule has 0 radical (unpaired) electrons. The highest BCUT2D eigenvalue weighted by Crippen LogP contribution is 2.14. The average Bonchev–Trinajstić information content (AvgIpc) is 2.75. The molecule has 2 amide bonds. The number of ether oxygens (including phenoxy) is 1. The minimum absolute atomic E-state index is 0.0524. The lowest BCUT2D eigenvalue weighted by Crippen LogP contribution is -2.43. The molecule has 0 unspecified atom stereocenters. The van der Waals surface area contributed by atoms with E-state index in [1.165, 1.54) is 83.5 Å². The molecule has 0 aromatic rings. The molecule has 1 atom stereocenters. The van der Waals surface area contributed by atoms with Crippen molar-refractivity contribution in [1.29, 1.82) is 0 Å². The lowest BCUT2D eigenvalue weighted by atomic mass is 10.0. The summed E-state index contributed by atoms with van der Waals surface area (Å²) < 4.78 is 5.18. The van der Waals surface area contributed by atoms with Crippen molar-refractivity contribution >= 4 is 17.8 Å². The Morgan fingerprint density at radius 3 is 1.56 bits per heavy atom. The van der Waals surface area contributed by atoms with E-state index in [1.54, 1.807) is 0 Å². The first-order valence-corrected chi connectivity index (χ1v) is 12.8. The van der Waals surface area contributed by atoms with Crippen LogP contribution >= 0.6 is 0 Å². The maximum Gasteiger partial charge on any atom is 0.331 e. The Morgan fingerprint density at radius 2 is 1.19 bits per heavy atom. The van der Waals surface area contributed by atoms with Crippen molar-refractivity contribution in [3.05, 3.63) is 0 Å². The molecule has 0 aromatic carbocycles. The molecule has 0 rings (SSSR count). The number of unbranched alkanes of at least 4 members (excludes halogenated alkanes) is 15. The molecule has 0 fully saturated rings. The lowest BCUT2D eigenvalue weighted by molar-refractivity contribution is -0.187. The van der Waals surface area contributed by atoms with Crippen molar-refractivity contribution in [1.82, 2.24) is 5.06 Å². The van der Waals surface area contributed by atoms with Crippen LogP contribution in [0.2, 0.25) is 0 Å². The first-order chi connectivity index (χ1) is 15.4. The number of rotatable bonds is 22. The fourth-order valence-corrected chi connectivity index (χ4v) is 3.76. The molecule has 0 aliphatic rings. The van der Waals surface area contributed by atoms with Crippen LogP contribution < -0.4 is 5.73 Å². The quantitative estimate of drug-likeness (QED) is 0.0944. The van der Waals surface area contributed by atoms with Crippen LogP contribution in [0.15, 0.2) is 0 Å². The topological polar surface area (TPSA) is 110 Å². The number of carbonyl (C=O) groups excluding carboxylic acids is 3. The van der Waals surface area contributed by atoms with E-state index in [-0.39, 0.29) is 19.4 Å². The van der Waals surface area contributed by atoms with Crippen molar-refractivity contribution in [2.24, 2.45) is 5.73 Å². The highest BCUT2D eigenvalue weighted by molar-refractivity contribution is 5.83. The van der Waals surface area contributed by atoms with Crippen LogP contribution in [0.4, 0.5) is 0 Å². The minimum Gasteiger partial charge on any atom is -0.464 e. The maximum atomic E-state index is 12.1. The summed E-state index contributed by atoms with van der Waals surface area (Å²) in [6.45, 7) is 3.64. The second kappa shape index (κ2) is 21.2. The summed E-state index contributed by atoms with van der Waals surface area (Å²) >= 11 is 0. The third kappa shape index (κ3) is 18.0. The van der Waals surface area contributed by atoms with Gasteiger partial charge in [-0.2, -0.15) is 0 Å². The van der Waals surface area contributed by atoms with Crippen molar-refractivity contribution in [3.8, 4) is 0 Å². The van der Waals surface area contributed by atoms with Gasteiger partial charge in [-0.3, -0.25) is 14.8 Å².